The van der Waals surface area contributed by atoms with Crippen LogP contribution in [0.5, 0.6) is 0 Å². The molecular weight excluding hydrogens is 1430 g/mol. The van der Waals surface area contributed by atoms with Gasteiger partial charge in [-0.3, -0.25) is 0 Å². The van der Waals surface area contributed by atoms with Crippen LogP contribution in [0.3, 0.4) is 0 Å². The number of para-hydroxylation sites is 4. The highest BCUT2D eigenvalue weighted by Gasteiger charge is 2.44. The molecule has 1 aliphatic rings. The quantitative estimate of drug-likeness (QED) is 0.0487. The number of benzene rings is 17. The van der Waals surface area contributed by atoms with Gasteiger partial charge in [0.25, 0.3) is 0 Å². The van der Waals surface area contributed by atoms with E-state index in [2.05, 4.69) is 365 Å². The first-order chi connectivity index (χ1) is 56.0. The summed E-state index contributed by atoms with van der Waals surface area (Å²) in [6.45, 7) is 9.17. The Bertz CT molecular complexity index is 6710. The lowest BCUT2D eigenvalue weighted by atomic mass is 9.83. The number of furan rings is 2. The normalized spacial score (nSPS) is 13.5. The lowest BCUT2D eigenvalue weighted by Gasteiger charge is -2.37. The molecule has 0 bridgehead atoms. The summed E-state index contributed by atoms with van der Waals surface area (Å²) in [4.78, 5) is 4.78. The fourth-order valence-corrected chi connectivity index (χ4v) is 28.5. The maximum absolute atomic E-state index is 17.1. The number of halogens is 2. The van der Waals surface area contributed by atoms with E-state index in [1.54, 1.807) is 18.2 Å². The first-order valence-electron chi connectivity index (χ1n) is 39.6. The summed E-state index contributed by atoms with van der Waals surface area (Å²) in [7, 11) is -5.90. The molecule has 1 atom stereocenters. The molecular formula is C106H80F2N2O2Si2. The van der Waals surface area contributed by atoms with Gasteiger partial charge >= 0.3 is 0 Å². The largest absolute Gasteiger partial charge is 0.454 e. The van der Waals surface area contributed by atoms with E-state index in [1.807, 2.05) is 36.4 Å². The number of hydrogen-bond acceptors (Lipinski definition) is 4. The third kappa shape index (κ3) is 11.3. The van der Waals surface area contributed by atoms with Crippen molar-refractivity contribution in [1.29, 1.82) is 0 Å². The summed E-state index contributed by atoms with van der Waals surface area (Å²) >= 11 is 0. The van der Waals surface area contributed by atoms with Crippen molar-refractivity contribution in [1.82, 2.24) is 0 Å². The van der Waals surface area contributed by atoms with Gasteiger partial charge in [0, 0.05) is 55.9 Å². The molecule has 0 saturated carbocycles. The van der Waals surface area contributed by atoms with Crippen LogP contribution in [0, 0.1) is 5.82 Å². The second-order valence-electron chi connectivity index (χ2n) is 31.0. The molecule has 4 nitrogen and oxygen atoms in total. The molecule has 2 heterocycles. The molecule has 0 spiro atoms. The molecule has 0 fully saturated rings. The minimum Gasteiger partial charge on any atom is -0.454 e. The maximum Gasteiger partial charge on any atom is 0.179 e. The number of hydrogen-bond donors (Lipinski definition) is 0. The van der Waals surface area contributed by atoms with Crippen molar-refractivity contribution in [3.8, 4) is 11.1 Å². The maximum atomic E-state index is 17.1. The van der Waals surface area contributed by atoms with Crippen LogP contribution in [0.2, 0.25) is 0 Å². The molecule has 114 heavy (non-hydrogen) atoms. The van der Waals surface area contributed by atoms with Gasteiger partial charge in [-0.1, -0.05) is 343 Å². The Kier molecular flexibility index (Phi) is 17.5. The highest BCUT2D eigenvalue weighted by atomic mass is 28.3. The van der Waals surface area contributed by atoms with Gasteiger partial charge in [-0.2, -0.15) is 0 Å². The lowest BCUT2D eigenvalue weighted by Crippen LogP contribution is -2.74. The van der Waals surface area contributed by atoms with Gasteiger partial charge in [-0.25, -0.2) is 8.78 Å². The minimum atomic E-state index is -2.96. The summed E-state index contributed by atoms with van der Waals surface area (Å²) in [5.74, 6) is -0.914. The number of anilines is 5. The van der Waals surface area contributed by atoms with Gasteiger partial charge < -0.3 is 18.6 Å². The van der Waals surface area contributed by atoms with Gasteiger partial charge in [0.05, 0.1) is 28.4 Å². The predicted octanol–water partition coefficient (Wildman–Crippen LogP) is 23.7. The SMILES string of the molecule is CC(C)c1cc(N(C2=CC=C(F)CC2c2ccc([Si](c3ccccc3)(c3ccccc3)c3ccccc3)cc2)c2cccc3c2oc2ccccc23)c2ccc3c(C(C)C)cc(N(c4ccc(F)cc4-c4ccc([Si](c5ccccc5)(c5ccccc5)c5ccccc5)cc4)c4cccc5c4oc4ccccc45)c4ccc1c2c34. The Hall–Kier alpha value is -13.2. The topological polar surface area (TPSA) is 32.8 Å². The van der Waals surface area contributed by atoms with Gasteiger partial charge in [-0.05, 0) is 164 Å². The van der Waals surface area contributed by atoms with Crippen LogP contribution in [0.4, 0.5) is 37.2 Å². The van der Waals surface area contributed by atoms with Gasteiger partial charge in [0.15, 0.2) is 27.3 Å². The Morgan fingerprint density at radius 2 is 0.675 bits per heavy atom. The standard InChI is InChI=1S/C106H80F2N2O2Si2/c1-69(2)91-67-99(109(97-45-27-43-87-83-41-23-25-47-101(83)111-105(87)97)95-63-53-73(107)65-93(95)71-49-55-81(56-50-71)113(75-29-11-5-12-30-75,76-31-13-6-14-32-76)77-33-15-7-16-34-77)89-62-60-86-92(70(3)4)68-100(90-61-59-85(91)103(89)104(86)90)110(98-46-28-44-88-84-42-24-26-48-102(84)112-106(88)98)96-64-54-74(108)66-94(96)72-51-57-82(58-52-72)114(78-35-17-8-18-36-78,79-37-19-9-20-38-79)80-39-21-10-22-40-80/h5-65,67-70,94H,66H2,1-4H3. The average Bonchev–Trinajstić information content (AvgIpc) is 0.852. The number of nitrogens with zero attached hydrogens (tertiary/aromatic N) is 2. The fraction of sp³-hybridized carbons (Fsp3) is 0.0755. The monoisotopic (exact) mass is 1510 g/mol. The first kappa shape index (κ1) is 69.9. The Labute approximate surface area is 664 Å². The Morgan fingerprint density at radius 3 is 1.11 bits per heavy atom. The van der Waals surface area contributed by atoms with Crippen molar-refractivity contribution in [2.24, 2.45) is 0 Å². The van der Waals surface area contributed by atoms with Crippen LogP contribution in [0.25, 0.3) is 87.3 Å². The fourth-order valence-electron chi connectivity index (χ4n) is 19.1. The van der Waals surface area contributed by atoms with Gasteiger partial charge in [-0.15, -0.1) is 0 Å². The molecule has 0 aliphatic heterocycles. The van der Waals surface area contributed by atoms with E-state index in [9.17, 15) is 0 Å². The van der Waals surface area contributed by atoms with Gasteiger partial charge in [0.1, 0.15) is 22.8 Å². The number of fused-ring (bicyclic) bond motifs is 6. The van der Waals surface area contributed by atoms with Crippen LogP contribution in [-0.4, -0.2) is 16.1 Å². The molecule has 1 aliphatic carbocycles. The van der Waals surface area contributed by atoms with Crippen LogP contribution in [0.15, 0.2) is 403 Å². The van der Waals surface area contributed by atoms with Crippen molar-refractivity contribution in [3.63, 3.8) is 0 Å². The van der Waals surface area contributed by atoms with Gasteiger partial charge in [0.2, 0.25) is 0 Å². The zero-order valence-electron chi connectivity index (χ0n) is 63.8. The molecule has 17 aromatic carbocycles. The van der Waals surface area contributed by atoms with Crippen LogP contribution in [0.1, 0.15) is 68.6 Å². The molecule has 8 heteroatoms. The van der Waals surface area contributed by atoms with Crippen LogP contribution >= 0.6 is 0 Å². The summed E-state index contributed by atoms with van der Waals surface area (Å²) in [5.41, 5.74) is 13.1. The molecule has 0 amide bonds. The van der Waals surface area contributed by atoms with E-state index in [-0.39, 0.29) is 29.9 Å². The third-order valence-corrected chi connectivity index (χ3v) is 33.8. The minimum absolute atomic E-state index is 0.0361. The highest BCUT2D eigenvalue weighted by molar-refractivity contribution is 7.20. The van der Waals surface area contributed by atoms with E-state index in [0.717, 1.165) is 127 Å². The number of allylic oxidation sites excluding steroid dienone is 4. The van der Waals surface area contributed by atoms with E-state index in [0.29, 0.717) is 5.58 Å². The molecule has 548 valence electrons. The summed E-state index contributed by atoms with van der Waals surface area (Å²) < 4.78 is 48.5. The molecule has 0 N–H and O–H groups in total. The van der Waals surface area contributed by atoms with Crippen molar-refractivity contribution >= 4 is 162 Å². The second kappa shape index (κ2) is 28.5. The lowest BCUT2D eigenvalue weighted by molar-refractivity contribution is 0.552. The highest BCUT2D eigenvalue weighted by Crippen LogP contribution is 2.55. The van der Waals surface area contributed by atoms with Crippen molar-refractivity contribution in [2.45, 2.75) is 51.9 Å². The van der Waals surface area contributed by atoms with Crippen molar-refractivity contribution in [2.75, 3.05) is 9.80 Å². The molecule has 1 unspecified atom stereocenters. The first-order valence-corrected chi connectivity index (χ1v) is 43.6. The number of rotatable bonds is 18. The zero-order chi connectivity index (χ0) is 76.8. The van der Waals surface area contributed by atoms with E-state index >= 15 is 8.78 Å². The molecule has 20 rings (SSSR count). The summed E-state index contributed by atoms with van der Waals surface area (Å²) in [6, 6.07) is 133. The summed E-state index contributed by atoms with van der Waals surface area (Å²) in [5, 5.41) is 20.6. The van der Waals surface area contributed by atoms with Crippen molar-refractivity contribution < 1.29 is 17.6 Å². The summed E-state index contributed by atoms with van der Waals surface area (Å²) in [6.07, 6.45) is 3.84. The zero-order valence-corrected chi connectivity index (χ0v) is 65.8. The smallest absolute Gasteiger partial charge is 0.179 e. The second-order valence-corrected chi connectivity index (χ2v) is 38.7. The van der Waals surface area contributed by atoms with Crippen molar-refractivity contribution in [3.05, 3.63) is 416 Å². The molecule has 19 aromatic rings. The van der Waals surface area contributed by atoms with Crippen LogP contribution in [-0.2, 0) is 0 Å². The van der Waals surface area contributed by atoms with E-state index in [4.69, 9.17) is 8.83 Å². The van der Waals surface area contributed by atoms with E-state index < -0.39 is 22.1 Å². The molecule has 0 radical (unpaired) electrons. The molecule has 2 aromatic heterocycles. The average molecular weight is 1510 g/mol. The van der Waals surface area contributed by atoms with E-state index in [1.165, 1.54) is 47.1 Å². The Balaban J connectivity index is 0.826. The van der Waals surface area contributed by atoms with Crippen LogP contribution < -0.4 is 51.3 Å². The molecule has 0 saturated heterocycles. The Morgan fingerprint density at radius 1 is 0.307 bits per heavy atom. The third-order valence-electron chi connectivity index (χ3n) is 24.2. The predicted molar refractivity (Wildman–Crippen MR) is 480 cm³/mol.